The predicted molar refractivity (Wildman–Crippen MR) is 57.0 cm³/mol. The molecule has 4 N–H and O–H groups in total. The Morgan fingerprint density at radius 3 is 2.79 bits per heavy atom. The van der Waals surface area contributed by atoms with Gasteiger partial charge in [0.25, 0.3) is 0 Å². The van der Waals surface area contributed by atoms with Gasteiger partial charge < -0.3 is 16.2 Å². The van der Waals surface area contributed by atoms with Crippen molar-refractivity contribution in [3.8, 4) is 0 Å². The predicted octanol–water partition coefficient (Wildman–Crippen LogP) is 0.617. The quantitative estimate of drug-likeness (QED) is 0.579. The van der Waals surface area contributed by atoms with Gasteiger partial charge in [-0.1, -0.05) is 0 Å². The summed E-state index contributed by atoms with van der Waals surface area (Å²) in [7, 11) is 0. The van der Waals surface area contributed by atoms with Gasteiger partial charge >= 0.3 is 0 Å². The molecule has 0 aromatic rings. The summed E-state index contributed by atoms with van der Waals surface area (Å²) in [4.78, 5) is 0. The molecule has 3 atom stereocenters. The minimum Gasteiger partial charge on any atom is -0.386 e. The summed E-state index contributed by atoms with van der Waals surface area (Å²) in [6.07, 6.45) is 4.34. The van der Waals surface area contributed by atoms with Crippen LogP contribution in [0.3, 0.4) is 0 Å². The maximum atomic E-state index is 10.6. The molecule has 0 spiro atoms. The Morgan fingerprint density at radius 1 is 1.43 bits per heavy atom. The molecule has 3 heteroatoms. The highest BCUT2D eigenvalue weighted by Gasteiger charge is 2.51. The Labute approximate surface area is 86.1 Å². The fraction of sp³-hybridized carbons (Fsp3) is 1.00. The maximum Gasteiger partial charge on any atom is 0.0972 e. The molecule has 2 bridgehead atoms. The van der Waals surface area contributed by atoms with E-state index in [4.69, 9.17) is 5.73 Å². The van der Waals surface area contributed by atoms with Crippen LogP contribution in [0.5, 0.6) is 0 Å². The van der Waals surface area contributed by atoms with E-state index >= 15 is 0 Å². The summed E-state index contributed by atoms with van der Waals surface area (Å²) in [5.41, 5.74) is 4.86. The van der Waals surface area contributed by atoms with Crippen LogP contribution in [0.1, 0.15) is 39.5 Å². The second kappa shape index (κ2) is 3.19. The minimum atomic E-state index is -0.718. The number of nitrogens with one attached hydrogen (secondary N) is 1. The van der Waals surface area contributed by atoms with Gasteiger partial charge in [0.1, 0.15) is 0 Å². The zero-order chi connectivity index (χ0) is 10.4. The molecule has 2 rings (SSSR count). The zero-order valence-electron chi connectivity index (χ0n) is 9.21. The third kappa shape index (κ3) is 1.47. The van der Waals surface area contributed by atoms with Gasteiger partial charge in [0.2, 0.25) is 0 Å². The van der Waals surface area contributed by atoms with Gasteiger partial charge in [-0.15, -0.1) is 0 Å². The SMILES string of the molecule is CC(C)(N)C1(O)CCC2CCNC1C2. The Morgan fingerprint density at radius 2 is 2.14 bits per heavy atom. The first-order valence-electron chi connectivity index (χ1n) is 5.68. The molecule has 0 amide bonds. The molecule has 1 saturated heterocycles. The normalized spacial score (nSPS) is 43.7. The van der Waals surface area contributed by atoms with E-state index in [1.165, 1.54) is 6.42 Å². The van der Waals surface area contributed by atoms with E-state index in [2.05, 4.69) is 5.32 Å². The van der Waals surface area contributed by atoms with Crippen molar-refractivity contribution in [1.29, 1.82) is 0 Å². The van der Waals surface area contributed by atoms with Crippen LogP contribution >= 0.6 is 0 Å². The standard InChI is InChI=1S/C11H22N2O/c1-10(2,12)11(14)5-3-8-4-6-13-9(11)7-8/h8-9,13-14H,3-7,12H2,1-2H3. The number of piperidine rings is 1. The lowest BCUT2D eigenvalue weighted by Crippen LogP contribution is -2.69. The average Bonchev–Trinajstić information content (AvgIpc) is 2.11. The van der Waals surface area contributed by atoms with E-state index in [9.17, 15) is 5.11 Å². The van der Waals surface area contributed by atoms with E-state index in [0.717, 1.165) is 31.7 Å². The van der Waals surface area contributed by atoms with E-state index in [1.54, 1.807) is 0 Å². The van der Waals surface area contributed by atoms with Crippen LogP contribution in [0.4, 0.5) is 0 Å². The van der Waals surface area contributed by atoms with Crippen molar-refractivity contribution < 1.29 is 5.11 Å². The van der Waals surface area contributed by atoms with Crippen LogP contribution < -0.4 is 11.1 Å². The minimum absolute atomic E-state index is 0.204. The lowest BCUT2D eigenvalue weighted by atomic mass is 9.65. The molecule has 1 saturated carbocycles. The van der Waals surface area contributed by atoms with Crippen LogP contribution in [0.2, 0.25) is 0 Å². The molecule has 0 aromatic carbocycles. The molecule has 1 heterocycles. The third-order valence-electron chi connectivity index (χ3n) is 4.14. The molecule has 2 aliphatic rings. The van der Waals surface area contributed by atoms with Crippen LogP contribution in [-0.4, -0.2) is 28.8 Å². The fourth-order valence-corrected chi connectivity index (χ4v) is 2.99. The summed E-state index contributed by atoms with van der Waals surface area (Å²) in [6.45, 7) is 4.90. The van der Waals surface area contributed by atoms with E-state index in [-0.39, 0.29) is 6.04 Å². The second-order valence-electron chi connectivity index (χ2n) is 5.58. The first kappa shape index (κ1) is 10.4. The van der Waals surface area contributed by atoms with Crippen LogP contribution in [-0.2, 0) is 0 Å². The molecule has 2 fully saturated rings. The first-order chi connectivity index (χ1) is 6.43. The lowest BCUT2D eigenvalue weighted by Gasteiger charge is -2.52. The summed E-state index contributed by atoms with van der Waals surface area (Å²) >= 11 is 0. The van der Waals surface area contributed by atoms with E-state index in [1.807, 2.05) is 13.8 Å². The Hall–Kier alpha value is -0.120. The van der Waals surface area contributed by atoms with E-state index in [0.29, 0.717) is 0 Å². The van der Waals surface area contributed by atoms with Gasteiger partial charge in [0.05, 0.1) is 5.60 Å². The molecule has 0 radical (unpaired) electrons. The Kier molecular flexibility index (Phi) is 2.37. The van der Waals surface area contributed by atoms with Crippen molar-refractivity contribution in [3.63, 3.8) is 0 Å². The molecule has 3 unspecified atom stereocenters. The molecule has 1 aliphatic carbocycles. The summed E-state index contributed by atoms with van der Waals surface area (Å²) in [5, 5.41) is 14.0. The number of fused-ring (bicyclic) bond motifs is 2. The third-order valence-corrected chi connectivity index (χ3v) is 4.14. The highest BCUT2D eigenvalue weighted by molar-refractivity contribution is 5.09. The summed E-state index contributed by atoms with van der Waals surface area (Å²) in [6, 6.07) is 0.204. The molecule has 1 aliphatic heterocycles. The molecule has 0 aromatic heterocycles. The van der Waals surface area contributed by atoms with Crippen molar-refractivity contribution in [3.05, 3.63) is 0 Å². The molecular formula is C11H22N2O. The zero-order valence-corrected chi connectivity index (χ0v) is 9.21. The van der Waals surface area contributed by atoms with Crippen LogP contribution in [0.25, 0.3) is 0 Å². The smallest absolute Gasteiger partial charge is 0.0972 e. The number of nitrogens with two attached hydrogens (primary N) is 1. The van der Waals surface area contributed by atoms with Gasteiger partial charge in [0.15, 0.2) is 0 Å². The summed E-state index contributed by atoms with van der Waals surface area (Å²) in [5.74, 6) is 0.809. The fourth-order valence-electron chi connectivity index (χ4n) is 2.99. The Bertz CT molecular complexity index is 224. The number of hydrogen-bond acceptors (Lipinski definition) is 3. The highest BCUT2D eigenvalue weighted by atomic mass is 16.3. The Balaban J connectivity index is 2.19. The van der Waals surface area contributed by atoms with Crippen LogP contribution in [0.15, 0.2) is 0 Å². The molecule has 14 heavy (non-hydrogen) atoms. The van der Waals surface area contributed by atoms with Crippen molar-refractivity contribution in [2.24, 2.45) is 11.7 Å². The molecular weight excluding hydrogens is 176 g/mol. The van der Waals surface area contributed by atoms with Crippen LogP contribution in [0, 0.1) is 5.92 Å². The van der Waals surface area contributed by atoms with Crippen molar-refractivity contribution in [1.82, 2.24) is 5.32 Å². The second-order valence-corrected chi connectivity index (χ2v) is 5.58. The highest BCUT2D eigenvalue weighted by Crippen LogP contribution is 2.41. The van der Waals surface area contributed by atoms with Crippen molar-refractivity contribution >= 4 is 0 Å². The topological polar surface area (TPSA) is 58.3 Å². The molecule has 82 valence electrons. The van der Waals surface area contributed by atoms with Gasteiger partial charge in [-0.05, 0) is 52.0 Å². The lowest BCUT2D eigenvalue weighted by molar-refractivity contribution is -0.0963. The number of rotatable bonds is 1. The van der Waals surface area contributed by atoms with Crippen molar-refractivity contribution in [2.45, 2.75) is 56.7 Å². The van der Waals surface area contributed by atoms with Gasteiger partial charge in [-0.2, -0.15) is 0 Å². The van der Waals surface area contributed by atoms with E-state index < -0.39 is 11.1 Å². The van der Waals surface area contributed by atoms with Gasteiger partial charge in [-0.3, -0.25) is 0 Å². The first-order valence-corrected chi connectivity index (χ1v) is 5.68. The maximum absolute atomic E-state index is 10.6. The van der Waals surface area contributed by atoms with Gasteiger partial charge in [0, 0.05) is 11.6 Å². The average molecular weight is 198 g/mol. The number of aliphatic hydroxyl groups is 1. The largest absolute Gasteiger partial charge is 0.386 e. The van der Waals surface area contributed by atoms with Crippen molar-refractivity contribution in [2.75, 3.05) is 6.54 Å². The van der Waals surface area contributed by atoms with Gasteiger partial charge in [-0.25, -0.2) is 0 Å². The molecule has 3 nitrogen and oxygen atoms in total. The monoisotopic (exact) mass is 198 g/mol. The number of hydrogen-bond donors (Lipinski definition) is 3. The summed E-state index contributed by atoms with van der Waals surface area (Å²) < 4.78 is 0.